The lowest BCUT2D eigenvalue weighted by Gasteiger charge is -2.33. The van der Waals surface area contributed by atoms with Gasteiger partial charge in [-0.15, -0.1) is 0 Å². The lowest BCUT2D eigenvalue weighted by atomic mass is 10.0. The van der Waals surface area contributed by atoms with Crippen LogP contribution in [-0.2, 0) is 36.5 Å². The van der Waals surface area contributed by atoms with Crippen LogP contribution in [0.3, 0.4) is 0 Å². The Kier molecular flexibility index (Phi) is 10.4. The highest BCUT2D eigenvalue weighted by Gasteiger charge is 2.54. The van der Waals surface area contributed by atoms with Gasteiger partial charge in [-0.3, -0.25) is 10.2 Å². The Balaban J connectivity index is 1.86. The summed E-state index contributed by atoms with van der Waals surface area (Å²) in [5.41, 5.74) is 5.52. The van der Waals surface area contributed by atoms with Crippen molar-refractivity contribution in [3.63, 3.8) is 0 Å². The lowest BCUT2D eigenvalue weighted by molar-refractivity contribution is -0.241. The van der Waals surface area contributed by atoms with E-state index in [1.54, 1.807) is 26.8 Å². The molecule has 0 spiro atoms. The number of halogens is 3. The minimum atomic E-state index is -5.55. The topological polar surface area (TPSA) is 167 Å². The van der Waals surface area contributed by atoms with Crippen molar-refractivity contribution < 1.29 is 50.1 Å². The smallest absolute Gasteiger partial charge is 0.490 e. The molecule has 1 amide bonds. The molecule has 4 N–H and O–H groups in total. The Morgan fingerprint density at radius 1 is 1.02 bits per heavy atom. The molecule has 3 aromatic carbocycles. The van der Waals surface area contributed by atoms with Crippen LogP contribution in [0.4, 0.5) is 13.2 Å². The zero-order valence-electron chi connectivity index (χ0n) is 25.7. The van der Waals surface area contributed by atoms with E-state index in [-0.39, 0.29) is 57.4 Å². The Labute approximate surface area is 269 Å². The van der Waals surface area contributed by atoms with Crippen LogP contribution in [-0.4, -0.2) is 50.3 Å². The highest BCUT2D eigenvalue weighted by Crippen LogP contribution is 2.39. The summed E-state index contributed by atoms with van der Waals surface area (Å²) in [4.78, 5) is 26.6. The van der Waals surface area contributed by atoms with E-state index in [0.29, 0.717) is 12.8 Å². The van der Waals surface area contributed by atoms with E-state index < -0.39 is 45.5 Å². The Bertz CT molecular complexity index is 1740. The van der Waals surface area contributed by atoms with Crippen LogP contribution in [0.25, 0.3) is 0 Å². The second-order valence-corrected chi connectivity index (χ2v) is 13.0. The van der Waals surface area contributed by atoms with Gasteiger partial charge in [0.25, 0.3) is 0 Å². The number of nitrogens with two attached hydrogens (primary N) is 1. The number of benzene rings is 3. The summed E-state index contributed by atoms with van der Waals surface area (Å²) in [5, 5.41) is 9.46. The van der Waals surface area contributed by atoms with Gasteiger partial charge < -0.3 is 30.0 Å². The largest absolute Gasteiger partial charge is 0.491 e. The molecule has 0 saturated heterocycles. The predicted octanol–water partition coefficient (Wildman–Crippen LogP) is 4.75. The molecule has 47 heavy (non-hydrogen) atoms. The first-order chi connectivity index (χ1) is 22.1. The summed E-state index contributed by atoms with van der Waals surface area (Å²) in [7, 11) is -3.73. The lowest BCUT2D eigenvalue weighted by Crippen LogP contribution is -2.53. The van der Waals surface area contributed by atoms with Crippen molar-refractivity contribution in [2.75, 3.05) is 6.61 Å². The fraction of sp³-hybridized carbons (Fsp3) is 0.344. The molecule has 11 nitrogen and oxygen atoms in total. The molecule has 1 saturated carbocycles. The van der Waals surface area contributed by atoms with Crippen molar-refractivity contribution in [2.24, 2.45) is 5.73 Å². The van der Waals surface area contributed by atoms with E-state index in [1.165, 1.54) is 54.6 Å². The number of amides is 1. The number of alkyl halides is 3. The number of hydrogen-bond acceptors (Lipinski definition) is 9. The van der Waals surface area contributed by atoms with Gasteiger partial charge in [-0.05, 0) is 87.7 Å². The number of carbonyl (C=O) groups excluding carboxylic acids is 2. The van der Waals surface area contributed by atoms with E-state index in [1.807, 2.05) is 0 Å². The van der Waals surface area contributed by atoms with Gasteiger partial charge in [-0.1, -0.05) is 18.2 Å². The van der Waals surface area contributed by atoms with Crippen LogP contribution in [0.1, 0.15) is 50.3 Å². The first-order valence-corrected chi connectivity index (χ1v) is 16.1. The Morgan fingerprint density at radius 2 is 1.68 bits per heavy atom. The molecule has 0 aromatic heterocycles. The number of hydrogen-bond donors (Lipinski definition) is 3. The molecule has 1 aliphatic carbocycles. The fourth-order valence-electron chi connectivity index (χ4n) is 4.53. The Hall–Kier alpha value is -4.79. The summed E-state index contributed by atoms with van der Waals surface area (Å²) < 4.78 is 89.6. The minimum Gasteiger partial charge on any atom is -0.490 e. The molecule has 1 aliphatic rings. The molecular formula is C32H34F3N3O8S. The average molecular weight is 678 g/mol. The van der Waals surface area contributed by atoms with Gasteiger partial charge in [-0.2, -0.15) is 13.2 Å². The predicted molar refractivity (Wildman–Crippen MR) is 164 cm³/mol. The van der Waals surface area contributed by atoms with Gasteiger partial charge in [0.05, 0.1) is 28.4 Å². The molecule has 0 aliphatic heterocycles. The van der Waals surface area contributed by atoms with Gasteiger partial charge in [0.1, 0.15) is 11.6 Å². The van der Waals surface area contributed by atoms with Crippen molar-refractivity contribution in [1.82, 2.24) is 5.32 Å². The molecule has 4 rings (SSSR count). The van der Waals surface area contributed by atoms with Crippen LogP contribution < -0.4 is 25.3 Å². The highest BCUT2D eigenvalue weighted by atomic mass is 32.2. The maximum absolute atomic E-state index is 14.2. The molecule has 252 valence electrons. The standard InChI is InChI=1S/C32H34F3N3O8S/c1-4-43-26-17-22(11-16-25(26)44-19(2)3)31(46-30(40)32(33,34)35,45-23-12-9-20(10-13-23)28(36)37)29(39)38-18-21-7-5-6-8-27(21)47(41,42)24-14-15-24/h5-13,16-17,19,24H,4,14-15,18H2,1-3H3,(H3,36,37)(H,38,39). The molecule has 1 unspecified atom stereocenters. The van der Waals surface area contributed by atoms with E-state index in [9.17, 15) is 31.2 Å². The van der Waals surface area contributed by atoms with Crippen molar-refractivity contribution in [1.29, 1.82) is 5.41 Å². The molecule has 15 heteroatoms. The molecule has 1 fully saturated rings. The molecule has 0 bridgehead atoms. The maximum Gasteiger partial charge on any atom is 0.491 e. The van der Waals surface area contributed by atoms with Crippen molar-refractivity contribution in [3.05, 3.63) is 83.4 Å². The van der Waals surface area contributed by atoms with Crippen molar-refractivity contribution in [3.8, 4) is 17.2 Å². The van der Waals surface area contributed by atoms with Gasteiger partial charge in [0, 0.05) is 12.1 Å². The van der Waals surface area contributed by atoms with Crippen molar-refractivity contribution >= 4 is 27.5 Å². The average Bonchev–Trinajstić information content (AvgIpc) is 3.87. The fourth-order valence-corrected chi connectivity index (χ4v) is 6.42. The Morgan fingerprint density at radius 3 is 2.26 bits per heavy atom. The monoisotopic (exact) mass is 677 g/mol. The number of esters is 1. The first-order valence-electron chi connectivity index (χ1n) is 14.6. The second kappa shape index (κ2) is 13.9. The summed E-state index contributed by atoms with van der Waals surface area (Å²) in [6, 6.07) is 14.6. The molecular weight excluding hydrogens is 643 g/mol. The zero-order chi connectivity index (χ0) is 34.6. The number of amidine groups is 1. The SMILES string of the molecule is CCOc1cc(C(OC(=O)C(F)(F)F)(Oc2ccc(C(=N)N)cc2)C(=O)NCc2ccccc2S(=O)(=O)C2CC2)ccc1OC(C)C. The third kappa shape index (κ3) is 8.14. The number of nitrogens with one attached hydrogen (secondary N) is 2. The second-order valence-electron chi connectivity index (χ2n) is 10.8. The van der Waals surface area contributed by atoms with Crippen LogP contribution in [0.15, 0.2) is 71.6 Å². The number of carbonyl (C=O) groups is 2. The normalized spacial score (nSPS) is 14.5. The van der Waals surface area contributed by atoms with E-state index in [2.05, 4.69) is 5.32 Å². The van der Waals surface area contributed by atoms with Crippen molar-refractivity contribution in [2.45, 2.75) is 68.4 Å². The third-order valence-corrected chi connectivity index (χ3v) is 9.22. The molecule has 1 atom stereocenters. The number of rotatable bonds is 14. The number of sulfone groups is 1. The van der Waals surface area contributed by atoms with Gasteiger partial charge >= 0.3 is 23.8 Å². The molecule has 0 heterocycles. The third-order valence-electron chi connectivity index (χ3n) is 6.86. The van der Waals surface area contributed by atoms with Gasteiger partial charge in [-0.25, -0.2) is 13.2 Å². The summed E-state index contributed by atoms with van der Waals surface area (Å²) in [6.45, 7) is 4.74. The summed E-state index contributed by atoms with van der Waals surface area (Å²) >= 11 is 0. The van der Waals surface area contributed by atoms with Crippen LogP contribution in [0.5, 0.6) is 17.2 Å². The van der Waals surface area contributed by atoms with Crippen LogP contribution in [0.2, 0.25) is 0 Å². The number of nitrogen functional groups attached to an aromatic ring is 1. The van der Waals surface area contributed by atoms with Gasteiger partial charge in [0.15, 0.2) is 21.3 Å². The van der Waals surface area contributed by atoms with E-state index in [4.69, 9.17) is 30.1 Å². The van der Waals surface area contributed by atoms with E-state index in [0.717, 1.165) is 6.07 Å². The summed E-state index contributed by atoms with van der Waals surface area (Å²) in [6.07, 6.45) is -4.93. The highest BCUT2D eigenvalue weighted by molar-refractivity contribution is 7.92. The zero-order valence-corrected chi connectivity index (χ0v) is 26.5. The maximum atomic E-state index is 14.2. The molecule has 3 aromatic rings. The first kappa shape index (κ1) is 35.1. The van der Waals surface area contributed by atoms with Gasteiger partial charge in [0.2, 0.25) is 0 Å². The minimum absolute atomic E-state index is 0.00957. The van der Waals surface area contributed by atoms with Crippen LogP contribution >= 0.6 is 0 Å². The summed E-state index contributed by atoms with van der Waals surface area (Å²) in [5.74, 6) is -7.61. The quantitative estimate of drug-likeness (QED) is 0.0945. The van der Waals surface area contributed by atoms with E-state index >= 15 is 0 Å². The molecule has 0 radical (unpaired) electrons. The van der Waals surface area contributed by atoms with Crippen LogP contribution in [0, 0.1) is 5.41 Å². The number of ether oxygens (including phenoxy) is 4.